The number of rotatable bonds is 5. The molecule has 0 bridgehead atoms. The van der Waals surface area contributed by atoms with Gasteiger partial charge in [-0.3, -0.25) is 4.79 Å². The second kappa shape index (κ2) is 6.75. The maximum absolute atomic E-state index is 11.0. The third-order valence-corrected chi connectivity index (χ3v) is 1.92. The van der Waals surface area contributed by atoms with E-state index in [4.69, 9.17) is 9.47 Å². The second-order valence-corrected chi connectivity index (χ2v) is 3.15. The van der Waals surface area contributed by atoms with Gasteiger partial charge in [0.1, 0.15) is 0 Å². The van der Waals surface area contributed by atoms with Gasteiger partial charge in [-0.2, -0.15) is 0 Å². The van der Waals surface area contributed by atoms with E-state index >= 15 is 0 Å². The first kappa shape index (κ1) is 11.4. The van der Waals surface area contributed by atoms with E-state index in [1.807, 2.05) is 6.92 Å². The number of nitrogens with one attached hydrogen (secondary N) is 2. The maximum atomic E-state index is 11.0. The Morgan fingerprint density at radius 1 is 1.50 bits per heavy atom. The fourth-order valence-electron chi connectivity index (χ4n) is 1.26. The van der Waals surface area contributed by atoms with Gasteiger partial charge in [-0.25, -0.2) is 0 Å². The third-order valence-electron chi connectivity index (χ3n) is 1.92. The summed E-state index contributed by atoms with van der Waals surface area (Å²) in [7, 11) is 0. The van der Waals surface area contributed by atoms with E-state index in [0.29, 0.717) is 39.5 Å². The molecule has 1 amide bonds. The molecule has 0 aromatic carbocycles. The predicted octanol–water partition coefficient (Wildman–Crippen LogP) is -0.872. The SMILES string of the molecule is CCNC(=O)CNCC1COCCO1. The number of hydrogen-bond donors (Lipinski definition) is 2. The molecule has 5 heteroatoms. The lowest BCUT2D eigenvalue weighted by Crippen LogP contribution is -2.41. The maximum Gasteiger partial charge on any atom is 0.233 e. The number of carbonyl (C=O) groups excluding carboxylic acids is 1. The molecular weight excluding hydrogens is 184 g/mol. The molecule has 1 aliphatic rings. The van der Waals surface area contributed by atoms with Gasteiger partial charge < -0.3 is 20.1 Å². The lowest BCUT2D eigenvalue weighted by molar-refractivity contribution is -0.120. The van der Waals surface area contributed by atoms with E-state index in [1.54, 1.807) is 0 Å². The van der Waals surface area contributed by atoms with E-state index in [-0.39, 0.29) is 12.0 Å². The Morgan fingerprint density at radius 2 is 2.36 bits per heavy atom. The molecule has 1 rings (SSSR count). The number of amides is 1. The third kappa shape index (κ3) is 4.55. The van der Waals surface area contributed by atoms with Gasteiger partial charge in [-0.15, -0.1) is 0 Å². The largest absolute Gasteiger partial charge is 0.376 e. The normalized spacial score (nSPS) is 21.9. The zero-order valence-electron chi connectivity index (χ0n) is 8.54. The van der Waals surface area contributed by atoms with Crippen molar-refractivity contribution in [2.45, 2.75) is 13.0 Å². The van der Waals surface area contributed by atoms with Crippen molar-refractivity contribution in [2.75, 3.05) is 39.5 Å². The number of likely N-dealkylation sites (N-methyl/N-ethyl adjacent to an activating group) is 1. The Morgan fingerprint density at radius 3 is 3.00 bits per heavy atom. The van der Waals surface area contributed by atoms with Crippen LogP contribution >= 0.6 is 0 Å². The monoisotopic (exact) mass is 202 g/mol. The van der Waals surface area contributed by atoms with Crippen LogP contribution in [0.5, 0.6) is 0 Å². The summed E-state index contributed by atoms with van der Waals surface area (Å²) in [5.41, 5.74) is 0. The smallest absolute Gasteiger partial charge is 0.233 e. The molecule has 82 valence electrons. The van der Waals surface area contributed by atoms with E-state index < -0.39 is 0 Å². The molecule has 0 aromatic rings. The van der Waals surface area contributed by atoms with Crippen molar-refractivity contribution in [3.63, 3.8) is 0 Å². The zero-order chi connectivity index (χ0) is 10.2. The summed E-state index contributed by atoms with van der Waals surface area (Å²) in [5.74, 6) is 0.0178. The lowest BCUT2D eigenvalue weighted by Gasteiger charge is -2.22. The highest BCUT2D eigenvalue weighted by Gasteiger charge is 2.13. The van der Waals surface area contributed by atoms with E-state index in [2.05, 4.69) is 10.6 Å². The topological polar surface area (TPSA) is 59.6 Å². The second-order valence-electron chi connectivity index (χ2n) is 3.15. The van der Waals surface area contributed by atoms with Gasteiger partial charge in [-0.1, -0.05) is 0 Å². The molecule has 5 nitrogen and oxygen atoms in total. The molecule has 14 heavy (non-hydrogen) atoms. The van der Waals surface area contributed by atoms with Crippen LogP contribution in [-0.4, -0.2) is 51.5 Å². The molecular formula is C9H18N2O3. The molecule has 0 spiro atoms. The van der Waals surface area contributed by atoms with Crippen molar-refractivity contribution >= 4 is 5.91 Å². The fraction of sp³-hybridized carbons (Fsp3) is 0.889. The Bertz CT molecular complexity index is 169. The van der Waals surface area contributed by atoms with Crippen molar-refractivity contribution in [1.82, 2.24) is 10.6 Å². The quantitative estimate of drug-likeness (QED) is 0.608. The van der Waals surface area contributed by atoms with Crippen LogP contribution in [0.4, 0.5) is 0 Å². The molecule has 0 saturated carbocycles. The van der Waals surface area contributed by atoms with Gasteiger partial charge >= 0.3 is 0 Å². The fourth-order valence-corrected chi connectivity index (χ4v) is 1.26. The molecule has 0 radical (unpaired) electrons. The van der Waals surface area contributed by atoms with Gasteiger partial charge in [0.15, 0.2) is 0 Å². The van der Waals surface area contributed by atoms with Crippen molar-refractivity contribution in [2.24, 2.45) is 0 Å². The van der Waals surface area contributed by atoms with Gasteiger partial charge in [-0.05, 0) is 6.92 Å². The van der Waals surface area contributed by atoms with Crippen LogP contribution in [0.25, 0.3) is 0 Å². The van der Waals surface area contributed by atoms with E-state index in [0.717, 1.165) is 0 Å². The molecule has 0 aromatic heterocycles. The minimum Gasteiger partial charge on any atom is -0.376 e. The molecule has 1 fully saturated rings. The highest BCUT2D eigenvalue weighted by atomic mass is 16.6. The average molecular weight is 202 g/mol. The molecule has 0 aliphatic carbocycles. The molecule has 1 heterocycles. The Labute approximate surface area is 84.1 Å². The van der Waals surface area contributed by atoms with Gasteiger partial charge in [0.05, 0.1) is 32.5 Å². The zero-order valence-corrected chi connectivity index (χ0v) is 8.54. The van der Waals surface area contributed by atoms with Crippen LogP contribution in [0.1, 0.15) is 6.92 Å². The predicted molar refractivity (Wildman–Crippen MR) is 52.1 cm³/mol. The Kier molecular flexibility index (Phi) is 5.51. The first-order chi connectivity index (χ1) is 6.83. The summed E-state index contributed by atoms with van der Waals surface area (Å²) >= 11 is 0. The standard InChI is InChI=1S/C9H18N2O3/c1-2-11-9(12)6-10-5-8-7-13-3-4-14-8/h8,10H,2-7H2,1H3,(H,11,12). The summed E-state index contributed by atoms with van der Waals surface area (Å²) in [6.45, 7) is 5.51. The van der Waals surface area contributed by atoms with Gasteiger partial charge in [0, 0.05) is 13.1 Å². The Balaban J connectivity index is 1.99. The van der Waals surface area contributed by atoms with Crippen LogP contribution in [0, 0.1) is 0 Å². The first-order valence-electron chi connectivity index (χ1n) is 4.99. The Hall–Kier alpha value is -0.650. The van der Waals surface area contributed by atoms with Crippen molar-refractivity contribution in [1.29, 1.82) is 0 Å². The minimum atomic E-state index is 0.0178. The van der Waals surface area contributed by atoms with Crippen LogP contribution in [0.3, 0.4) is 0 Å². The van der Waals surface area contributed by atoms with Crippen LogP contribution in [0.15, 0.2) is 0 Å². The molecule has 1 saturated heterocycles. The number of hydrogen-bond acceptors (Lipinski definition) is 4. The first-order valence-corrected chi connectivity index (χ1v) is 4.99. The highest BCUT2D eigenvalue weighted by molar-refractivity contribution is 5.77. The van der Waals surface area contributed by atoms with Crippen LogP contribution in [0.2, 0.25) is 0 Å². The number of ether oxygens (including phenoxy) is 2. The van der Waals surface area contributed by atoms with Crippen molar-refractivity contribution < 1.29 is 14.3 Å². The van der Waals surface area contributed by atoms with Gasteiger partial charge in [0.2, 0.25) is 5.91 Å². The number of carbonyl (C=O) groups is 1. The van der Waals surface area contributed by atoms with Crippen LogP contribution in [-0.2, 0) is 14.3 Å². The van der Waals surface area contributed by atoms with Crippen molar-refractivity contribution in [3.8, 4) is 0 Å². The molecule has 1 unspecified atom stereocenters. The molecule has 1 aliphatic heterocycles. The van der Waals surface area contributed by atoms with Gasteiger partial charge in [0.25, 0.3) is 0 Å². The molecule has 1 atom stereocenters. The van der Waals surface area contributed by atoms with Crippen LogP contribution < -0.4 is 10.6 Å². The molecule has 2 N–H and O–H groups in total. The van der Waals surface area contributed by atoms with E-state index in [1.165, 1.54) is 0 Å². The summed E-state index contributed by atoms with van der Waals surface area (Å²) in [6, 6.07) is 0. The average Bonchev–Trinajstić information content (AvgIpc) is 2.20. The summed E-state index contributed by atoms with van der Waals surface area (Å²) < 4.78 is 10.6. The minimum absolute atomic E-state index is 0.0178. The highest BCUT2D eigenvalue weighted by Crippen LogP contribution is 1.98. The summed E-state index contributed by atoms with van der Waals surface area (Å²) in [5, 5.41) is 5.73. The van der Waals surface area contributed by atoms with Crippen molar-refractivity contribution in [3.05, 3.63) is 0 Å². The lowest BCUT2D eigenvalue weighted by atomic mass is 10.3. The van der Waals surface area contributed by atoms with E-state index in [9.17, 15) is 4.79 Å². The summed E-state index contributed by atoms with van der Waals surface area (Å²) in [4.78, 5) is 11.0. The summed E-state index contributed by atoms with van der Waals surface area (Å²) in [6.07, 6.45) is 0.0816.